The Morgan fingerprint density at radius 3 is 2.48 bits per heavy atom. The third-order valence-corrected chi connectivity index (χ3v) is 3.98. The maximum absolute atomic E-state index is 12.4. The van der Waals surface area contributed by atoms with E-state index in [1.807, 2.05) is 64.1 Å². The van der Waals surface area contributed by atoms with Gasteiger partial charge in [0.05, 0.1) is 0 Å². The first kappa shape index (κ1) is 17.1. The first-order chi connectivity index (χ1) is 11.0. The monoisotopic (exact) mass is 311 g/mol. The summed E-state index contributed by atoms with van der Waals surface area (Å²) in [6.07, 6.45) is 0.160. The molecule has 3 heteroatoms. The van der Waals surface area contributed by atoms with E-state index in [4.69, 9.17) is 4.74 Å². The van der Waals surface area contributed by atoms with Gasteiger partial charge >= 0.3 is 0 Å². The van der Waals surface area contributed by atoms with E-state index in [2.05, 4.69) is 11.4 Å². The van der Waals surface area contributed by atoms with Crippen molar-refractivity contribution in [2.75, 3.05) is 0 Å². The largest absolute Gasteiger partial charge is 0.480 e. The van der Waals surface area contributed by atoms with Gasteiger partial charge in [-0.1, -0.05) is 48.9 Å². The molecule has 2 aromatic carbocycles. The summed E-state index contributed by atoms with van der Waals surface area (Å²) in [5.74, 6) is 0.698. The van der Waals surface area contributed by atoms with Crippen molar-refractivity contribution in [3.05, 3.63) is 64.7 Å². The molecular weight excluding hydrogens is 286 g/mol. The molecule has 0 saturated carbocycles. The number of hydrogen-bond donors (Lipinski definition) is 1. The summed E-state index contributed by atoms with van der Waals surface area (Å²) in [4.78, 5) is 12.4. The first-order valence-electron chi connectivity index (χ1n) is 8.07. The predicted octanol–water partition coefficient (Wildman–Crippen LogP) is 4.09. The van der Waals surface area contributed by atoms with E-state index in [1.54, 1.807) is 0 Å². The Balaban J connectivity index is 2.00. The molecule has 0 aliphatic carbocycles. The van der Waals surface area contributed by atoms with Gasteiger partial charge in [0.15, 0.2) is 6.10 Å². The first-order valence-corrected chi connectivity index (χ1v) is 8.07. The molecule has 3 nitrogen and oxygen atoms in total. The maximum Gasteiger partial charge on any atom is 0.261 e. The van der Waals surface area contributed by atoms with Crippen LogP contribution in [0.15, 0.2) is 42.5 Å². The molecule has 0 aliphatic rings. The molecule has 0 radical (unpaired) electrons. The average molecular weight is 311 g/mol. The number of benzene rings is 2. The molecule has 0 saturated heterocycles. The minimum atomic E-state index is -0.472. The Labute approximate surface area is 138 Å². The quantitative estimate of drug-likeness (QED) is 0.872. The van der Waals surface area contributed by atoms with Crippen LogP contribution >= 0.6 is 0 Å². The van der Waals surface area contributed by atoms with Crippen molar-refractivity contribution in [3.8, 4) is 5.75 Å². The van der Waals surface area contributed by atoms with Crippen molar-refractivity contribution < 1.29 is 9.53 Å². The molecule has 0 aromatic heterocycles. The Hall–Kier alpha value is -2.29. The summed E-state index contributed by atoms with van der Waals surface area (Å²) in [5.41, 5.74) is 4.54. The zero-order valence-electron chi connectivity index (χ0n) is 14.3. The van der Waals surface area contributed by atoms with Crippen molar-refractivity contribution in [2.45, 2.75) is 46.8 Å². The number of amides is 1. The van der Waals surface area contributed by atoms with Gasteiger partial charge in [0.25, 0.3) is 5.91 Å². The van der Waals surface area contributed by atoms with Gasteiger partial charge in [-0.25, -0.2) is 0 Å². The van der Waals surface area contributed by atoms with Crippen molar-refractivity contribution in [1.29, 1.82) is 0 Å². The molecule has 23 heavy (non-hydrogen) atoms. The van der Waals surface area contributed by atoms with Crippen molar-refractivity contribution in [3.63, 3.8) is 0 Å². The van der Waals surface area contributed by atoms with E-state index in [0.717, 1.165) is 16.9 Å². The van der Waals surface area contributed by atoms with Gasteiger partial charge in [-0.2, -0.15) is 0 Å². The average Bonchev–Trinajstić information content (AvgIpc) is 2.53. The van der Waals surface area contributed by atoms with Crippen LogP contribution in [0.5, 0.6) is 5.75 Å². The van der Waals surface area contributed by atoms with Crippen LogP contribution in [0.3, 0.4) is 0 Å². The number of ether oxygens (including phenoxy) is 1. The van der Waals surface area contributed by atoms with E-state index in [0.29, 0.717) is 13.0 Å². The number of nitrogens with one attached hydrogen (secondary N) is 1. The Kier molecular flexibility index (Phi) is 5.80. The van der Waals surface area contributed by atoms with Crippen molar-refractivity contribution in [1.82, 2.24) is 5.32 Å². The highest BCUT2D eigenvalue weighted by molar-refractivity contribution is 5.81. The Morgan fingerprint density at radius 1 is 1.09 bits per heavy atom. The third-order valence-electron chi connectivity index (χ3n) is 3.98. The highest BCUT2D eigenvalue weighted by Crippen LogP contribution is 2.21. The maximum atomic E-state index is 12.4. The zero-order chi connectivity index (χ0) is 16.8. The Morgan fingerprint density at radius 2 is 1.83 bits per heavy atom. The molecule has 2 aromatic rings. The van der Waals surface area contributed by atoms with Crippen LogP contribution in [0.4, 0.5) is 0 Å². The molecular formula is C20H25NO2. The lowest BCUT2D eigenvalue weighted by atomic mass is 10.1. The number of carbonyl (C=O) groups is 1. The molecule has 122 valence electrons. The van der Waals surface area contributed by atoms with Crippen LogP contribution in [-0.4, -0.2) is 12.0 Å². The van der Waals surface area contributed by atoms with Crippen molar-refractivity contribution in [2.24, 2.45) is 0 Å². The van der Waals surface area contributed by atoms with Gasteiger partial charge in [-0.3, -0.25) is 4.79 Å². The lowest BCUT2D eigenvalue weighted by Crippen LogP contribution is -2.37. The summed E-state index contributed by atoms with van der Waals surface area (Å²) < 4.78 is 5.92. The van der Waals surface area contributed by atoms with E-state index in [9.17, 15) is 4.79 Å². The van der Waals surface area contributed by atoms with Gasteiger partial charge in [-0.15, -0.1) is 0 Å². The molecule has 1 atom stereocenters. The second-order valence-electron chi connectivity index (χ2n) is 5.93. The number of carbonyl (C=O) groups excluding carboxylic acids is 1. The van der Waals surface area contributed by atoms with Crippen LogP contribution in [0.1, 0.15) is 35.6 Å². The summed E-state index contributed by atoms with van der Waals surface area (Å²) in [6, 6.07) is 14.1. The van der Waals surface area contributed by atoms with Gasteiger partial charge in [-0.05, 0) is 49.9 Å². The van der Waals surface area contributed by atoms with Crippen LogP contribution in [0.25, 0.3) is 0 Å². The number of aryl methyl sites for hydroxylation is 3. The second kappa shape index (κ2) is 7.82. The fourth-order valence-electron chi connectivity index (χ4n) is 2.51. The fourth-order valence-corrected chi connectivity index (χ4v) is 2.51. The highest BCUT2D eigenvalue weighted by Gasteiger charge is 2.19. The number of rotatable bonds is 6. The third kappa shape index (κ3) is 4.59. The van der Waals surface area contributed by atoms with Gasteiger partial charge in [0, 0.05) is 6.54 Å². The standard InChI is InChI=1S/C20H25NO2/c1-5-18(23-19-11-10-14(2)12-16(19)4)20(22)21-13-17-9-7-6-8-15(17)3/h6-12,18H,5,13H2,1-4H3,(H,21,22)/t18-/m1/s1. The van der Waals surface area contributed by atoms with Crippen molar-refractivity contribution >= 4 is 5.91 Å². The summed E-state index contributed by atoms with van der Waals surface area (Å²) in [7, 11) is 0. The molecule has 0 bridgehead atoms. The highest BCUT2D eigenvalue weighted by atomic mass is 16.5. The lowest BCUT2D eigenvalue weighted by molar-refractivity contribution is -0.128. The second-order valence-corrected chi connectivity index (χ2v) is 5.93. The molecule has 0 fully saturated rings. The Bertz CT molecular complexity index is 679. The van der Waals surface area contributed by atoms with Gasteiger partial charge in [0.2, 0.25) is 0 Å². The zero-order valence-corrected chi connectivity index (χ0v) is 14.3. The lowest BCUT2D eigenvalue weighted by Gasteiger charge is -2.19. The molecule has 2 rings (SSSR count). The molecule has 0 spiro atoms. The SMILES string of the molecule is CC[C@@H](Oc1ccc(C)cc1C)C(=O)NCc1ccccc1C. The van der Waals surface area contributed by atoms with Gasteiger partial charge in [0.1, 0.15) is 5.75 Å². The number of hydrogen-bond acceptors (Lipinski definition) is 2. The molecule has 0 unspecified atom stereocenters. The minimum absolute atomic E-state index is 0.0734. The normalized spacial score (nSPS) is 11.8. The smallest absolute Gasteiger partial charge is 0.261 e. The molecule has 1 amide bonds. The molecule has 1 N–H and O–H groups in total. The van der Waals surface area contributed by atoms with E-state index in [1.165, 1.54) is 11.1 Å². The topological polar surface area (TPSA) is 38.3 Å². The summed E-state index contributed by atoms with van der Waals surface area (Å²) in [5, 5.41) is 2.98. The minimum Gasteiger partial charge on any atom is -0.480 e. The molecule has 0 aliphatic heterocycles. The summed E-state index contributed by atoms with van der Waals surface area (Å²) >= 11 is 0. The predicted molar refractivity (Wildman–Crippen MR) is 93.6 cm³/mol. The fraction of sp³-hybridized carbons (Fsp3) is 0.350. The van der Waals surface area contributed by atoms with Crippen LogP contribution < -0.4 is 10.1 Å². The van der Waals surface area contributed by atoms with E-state index >= 15 is 0 Å². The van der Waals surface area contributed by atoms with Crippen LogP contribution in [0, 0.1) is 20.8 Å². The van der Waals surface area contributed by atoms with E-state index in [-0.39, 0.29) is 5.91 Å². The van der Waals surface area contributed by atoms with E-state index < -0.39 is 6.10 Å². The van der Waals surface area contributed by atoms with Crippen LogP contribution in [0.2, 0.25) is 0 Å². The van der Waals surface area contributed by atoms with Gasteiger partial charge < -0.3 is 10.1 Å². The van der Waals surface area contributed by atoms with Crippen LogP contribution in [-0.2, 0) is 11.3 Å². The molecule has 0 heterocycles. The summed E-state index contributed by atoms with van der Waals surface area (Å²) in [6.45, 7) is 8.58.